The van der Waals surface area contributed by atoms with E-state index in [1.807, 2.05) is 17.4 Å². The van der Waals surface area contributed by atoms with Crippen molar-refractivity contribution in [3.8, 4) is 22.6 Å². The molecule has 0 saturated carbocycles. The molecule has 1 amide bonds. The molecule has 1 aliphatic rings. The van der Waals surface area contributed by atoms with Gasteiger partial charge in [0.1, 0.15) is 34.3 Å². The van der Waals surface area contributed by atoms with Gasteiger partial charge in [-0.3, -0.25) is 18.4 Å². The van der Waals surface area contributed by atoms with E-state index in [1.54, 1.807) is 36.4 Å². The minimum atomic E-state index is -3.80. The number of carbonyl (C=O) groups excluding carboxylic acids is 1. The van der Waals surface area contributed by atoms with E-state index in [0.29, 0.717) is 75.1 Å². The van der Waals surface area contributed by atoms with Gasteiger partial charge in [-0.1, -0.05) is 6.07 Å². The van der Waals surface area contributed by atoms with Gasteiger partial charge in [0.25, 0.3) is 11.4 Å². The molecule has 52 heavy (non-hydrogen) atoms. The van der Waals surface area contributed by atoms with Crippen LogP contribution in [0.1, 0.15) is 23.1 Å². The molecule has 5 heterocycles. The summed E-state index contributed by atoms with van der Waals surface area (Å²) in [4.78, 5) is 29.3. The molecule has 4 aromatic heterocycles. The van der Waals surface area contributed by atoms with Crippen molar-refractivity contribution in [2.75, 3.05) is 37.7 Å². The zero-order valence-corrected chi connectivity index (χ0v) is 29.3. The Hall–Kier alpha value is -5.91. The number of hydrogen-bond acceptors (Lipinski definition) is 7. The van der Waals surface area contributed by atoms with E-state index in [9.17, 15) is 17.6 Å². The molecule has 0 unspecified atom stereocenters. The Morgan fingerprint density at radius 1 is 1.04 bits per heavy atom. The quantitative estimate of drug-likeness (QED) is 0.184. The molecule has 3 aromatic carbocycles. The summed E-state index contributed by atoms with van der Waals surface area (Å²) in [7, 11) is -0.906. The van der Waals surface area contributed by atoms with Crippen molar-refractivity contribution < 1.29 is 26.4 Å². The van der Waals surface area contributed by atoms with Gasteiger partial charge in [-0.25, -0.2) is 33.7 Å². The number of benzene rings is 3. The molecule has 1 aliphatic heterocycles. The van der Waals surface area contributed by atoms with E-state index in [2.05, 4.69) is 15.1 Å². The summed E-state index contributed by atoms with van der Waals surface area (Å²) >= 11 is 0. The van der Waals surface area contributed by atoms with Gasteiger partial charge in [-0.15, -0.1) is 0 Å². The first-order valence-electron chi connectivity index (χ1n) is 16.3. The Bertz CT molecular complexity index is 2780. The number of nitrogens with zero attached hydrogens (tertiary/aromatic N) is 6. The van der Waals surface area contributed by atoms with Gasteiger partial charge in [-0.05, 0) is 60.7 Å². The average molecular weight is 720 g/mol. The largest absolute Gasteiger partial charge is 0.455 e. The molecule has 0 aliphatic carbocycles. The van der Waals surface area contributed by atoms with Gasteiger partial charge < -0.3 is 14.6 Å². The number of amides is 1. The molecular weight excluding hydrogens is 689 g/mol. The maximum absolute atomic E-state index is 15.2. The van der Waals surface area contributed by atoms with Crippen LogP contribution in [0.2, 0.25) is 0 Å². The lowest BCUT2D eigenvalue weighted by molar-refractivity contribution is 0.0964. The van der Waals surface area contributed by atoms with Crippen molar-refractivity contribution in [3.63, 3.8) is 0 Å². The lowest BCUT2D eigenvalue weighted by atomic mass is 9.93. The Labute approximate surface area is 297 Å². The average Bonchev–Trinajstić information content (AvgIpc) is 3.69. The fraction of sp³-hybridized carbons (Fsp3) is 0.211. The van der Waals surface area contributed by atoms with Crippen LogP contribution in [-0.4, -0.2) is 72.6 Å². The number of furan rings is 1. The van der Waals surface area contributed by atoms with E-state index < -0.39 is 33.1 Å². The molecular formula is C38H31F2N7O4S. The van der Waals surface area contributed by atoms with Crippen molar-refractivity contribution in [1.29, 1.82) is 0 Å². The SMILES string of the molecule is [C-]#[N+]C1(C)CN(Cc2nc3ccc(-c4cc5c(C(=O)NC)c(-c6ccc(F)cc6)oc5cc4N(C)S(C)(=O)=O)nc3c3cc4c(F)cccc4n23)C1. The van der Waals surface area contributed by atoms with Gasteiger partial charge in [0, 0.05) is 49.0 Å². The molecule has 1 N–H and O–H groups in total. The van der Waals surface area contributed by atoms with E-state index in [0.717, 1.165) is 10.6 Å². The van der Waals surface area contributed by atoms with E-state index >= 15 is 4.39 Å². The van der Waals surface area contributed by atoms with Crippen LogP contribution in [-0.2, 0) is 16.6 Å². The van der Waals surface area contributed by atoms with E-state index in [4.69, 9.17) is 21.0 Å². The number of fused-ring (bicyclic) bond motifs is 6. The third-order valence-corrected chi connectivity index (χ3v) is 10.9. The maximum atomic E-state index is 15.2. The third-order valence-electron chi connectivity index (χ3n) is 9.66. The summed E-state index contributed by atoms with van der Waals surface area (Å²) in [5, 5.41) is 3.42. The van der Waals surface area contributed by atoms with E-state index in [1.165, 1.54) is 44.4 Å². The number of aromatic nitrogens is 3. The Kier molecular flexibility index (Phi) is 7.56. The predicted molar refractivity (Wildman–Crippen MR) is 195 cm³/mol. The normalized spacial score (nSPS) is 14.6. The smallest absolute Gasteiger partial charge is 0.255 e. The number of hydrogen-bond donors (Lipinski definition) is 1. The second-order valence-electron chi connectivity index (χ2n) is 13.4. The first-order chi connectivity index (χ1) is 24.8. The van der Waals surface area contributed by atoms with Gasteiger partial charge in [0.05, 0.1) is 59.4 Å². The minimum Gasteiger partial charge on any atom is -0.455 e. The maximum Gasteiger partial charge on any atom is 0.255 e. The topological polar surface area (TPSA) is 117 Å². The molecule has 1 saturated heterocycles. The van der Waals surface area contributed by atoms with Crippen LogP contribution < -0.4 is 9.62 Å². The number of anilines is 1. The van der Waals surface area contributed by atoms with Crippen LogP contribution in [0.5, 0.6) is 0 Å². The van der Waals surface area contributed by atoms with Crippen molar-refractivity contribution in [1.82, 2.24) is 24.6 Å². The minimum absolute atomic E-state index is 0.182. The first kappa shape index (κ1) is 33.2. The van der Waals surface area contributed by atoms with Gasteiger partial charge >= 0.3 is 0 Å². The molecule has 0 bridgehead atoms. The van der Waals surface area contributed by atoms with Crippen molar-refractivity contribution in [2.45, 2.75) is 19.0 Å². The molecule has 7 aromatic rings. The zero-order chi connectivity index (χ0) is 36.7. The first-order valence-corrected chi connectivity index (χ1v) is 18.2. The van der Waals surface area contributed by atoms with Crippen LogP contribution in [0.15, 0.2) is 77.2 Å². The Balaban J connectivity index is 1.38. The molecule has 8 rings (SSSR count). The number of rotatable bonds is 7. The van der Waals surface area contributed by atoms with Crippen LogP contribution in [0.3, 0.4) is 0 Å². The highest BCUT2D eigenvalue weighted by Crippen LogP contribution is 2.42. The highest BCUT2D eigenvalue weighted by atomic mass is 32.2. The zero-order valence-electron chi connectivity index (χ0n) is 28.5. The molecule has 0 radical (unpaired) electrons. The predicted octanol–water partition coefficient (Wildman–Crippen LogP) is 6.64. The van der Waals surface area contributed by atoms with Gasteiger partial charge in [0.2, 0.25) is 10.0 Å². The number of halogens is 2. The standard InChI is InChI=1S/C38H31F2N7O4S/c1-38(42-3)19-46(20-38)18-33-43-28-14-13-27(44-35(28)31-16-23-26(40)7-6-8-29(23)47(31)33)24-15-25-32(17-30(24)45(4)52(5,49)50)51-36(34(25)37(48)41-2)21-9-11-22(39)12-10-21/h6-17H,18-20H2,1-2,4-5H3,(H,41,48). The number of carbonyl (C=O) groups is 1. The summed E-state index contributed by atoms with van der Waals surface area (Å²) in [6.07, 6.45) is 1.07. The number of pyridine rings is 1. The third kappa shape index (κ3) is 5.32. The fourth-order valence-electron chi connectivity index (χ4n) is 7.05. The van der Waals surface area contributed by atoms with Crippen LogP contribution in [0.4, 0.5) is 14.5 Å². The molecule has 0 atom stereocenters. The van der Waals surface area contributed by atoms with Gasteiger partial charge in [-0.2, -0.15) is 0 Å². The lowest BCUT2D eigenvalue weighted by Crippen LogP contribution is -2.57. The van der Waals surface area contributed by atoms with Gasteiger partial charge in [0.15, 0.2) is 0 Å². The summed E-state index contributed by atoms with van der Waals surface area (Å²) in [5.41, 5.74) is 3.58. The van der Waals surface area contributed by atoms with E-state index in [-0.39, 0.29) is 22.6 Å². The highest BCUT2D eigenvalue weighted by Gasteiger charge is 2.45. The van der Waals surface area contributed by atoms with Crippen LogP contribution in [0.25, 0.3) is 65.8 Å². The van der Waals surface area contributed by atoms with Crippen molar-refractivity contribution >= 4 is 60.0 Å². The number of likely N-dealkylation sites (tertiary alicyclic amines) is 1. The molecule has 262 valence electrons. The second kappa shape index (κ2) is 11.8. The summed E-state index contributed by atoms with van der Waals surface area (Å²) in [5.74, 6) is -0.474. The van der Waals surface area contributed by atoms with Crippen molar-refractivity contribution in [3.05, 3.63) is 107 Å². The number of nitrogens with one attached hydrogen (secondary N) is 1. The van der Waals surface area contributed by atoms with Crippen LogP contribution >= 0.6 is 0 Å². The highest BCUT2D eigenvalue weighted by molar-refractivity contribution is 7.92. The summed E-state index contributed by atoms with van der Waals surface area (Å²) in [6, 6.07) is 18.8. The lowest BCUT2D eigenvalue weighted by Gasteiger charge is -2.38. The number of sulfonamides is 1. The molecule has 11 nitrogen and oxygen atoms in total. The molecule has 1 fully saturated rings. The fourth-order valence-corrected chi connectivity index (χ4v) is 7.56. The Morgan fingerprint density at radius 3 is 2.48 bits per heavy atom. The summed E-state index contributed by atoms with van der Waals surface area (Å²) < 4.78 is 64.2. The van der Waals surface area contributed by atoms with Crippen LogP contribution in [0, 0.1) is 18.2 Å². The summed E-state index contributed by atoms with van der Waals surface area (Å²) in [6.45, 7) is 11.0. The van der Waals surface area contributed by atoms with Crippen molar-refractivity contribution in [2.24, 2.45) is 0 Å². The molecule has 14 heteroatoms. The molecule has 0 spiro atoms. The Morgan fingerprint density at radius 2 is 1.79 bits per heavy atom. The second-order valence-corrected chi connectivity index (χ2v) is 15.4. The monoisotopic (exact) mass is 719 g/mol.